The fourth-order valence-electron chi connectivity index (χ4n) is 1.44. The number of carbonyl (C=O) groups is 2. The summed E-state index contributed by atoms with van der Waals surface area (Å²) in [7, 11) is 2.56. The highest BCUT2D eigenvalue weighted by Gasteiger charge is 2.13. The van der Waals surface area contributed by atoms with Gasteiger partial charge >= 0.3 is 11.9 Å². The number of alkyl halides is 1. The molecule has 0 aliphatic rings. The second kappa shape index (κ2) is 9.49. The Morgan fingerprint density at radius 1 is 1.14 bits per heavy atom. The van der Waals surface area contributed by atoms with Gasteiger partial charge in [0.25, 0.3) is 0 Å². The molecule has 0 bridgehead atoms. The van der Waals surface area contributed by atoms with Gasteiger partial charge in [-0.25, -0.2) is 14.3 Å². The van der Waals surface area contributed by atoms with Crippen molar-refractivity contribution in [1.29, 1.82) is 0 Å². The van der Waals surface area contributed by atoms with E-state index in [2.05, 4.69) is 18.9 Å². The van der Waals surface area contributed by atoms with Gasteiger partial charge in [-0.15, -0.1) is 11.6 Å². The van der Waals surface area contributed by atoms with Crippen LogP contribution in [0.2, 0.25) is 0 Å². The van der Waals surface area contributed by atoms with Crippen LogP contribution < -0.4 is 9.44 Å². The molecule has 1 rings (SSSR count). The molecule has 0 aliphatic carbocycles. The summed E-state index contributed by atoms with van der Waals surface area (Å²) >= 11 is 6.81. The monoisotopic (exact) mass is 332 g/mol. The van der Waals surface area contributed by atoms with Gasteiger partial charge in [-0.1, -0.05) is 0 Å². The fourth-order valence-corrected chi connectivity index (χ4v) is 2.13. The normalized spacial score (nSPS) is 10.0. The molecule has 0 fully saturated rings. The standard InChI is InChI=1S/C13H17ClN2O4S/c1-19-12(17)9-6-10(13(18)20-2)8-11(7-9)16-21-15-5-3-4-14/h6-8,15-16H,3-5H2,1-2H3. The van der Waals surface area contributed by atoms with Crippen molar-refractivity contribution >= 4 is 41.4 Å². The summed E-state index contributed by atoms with van der Waals surface area (Å²) in [5.74, 6) is -0.467. The third-order valence-electron chi connectivity index (χ3n) is 2.43. The Hall–Kier alpha value is -1.44. The van der Waals surface area contributed by atoms with Crippen molar-refractivity contribution in [1.82, 2.24) is 4.72 Å². The number of esters is 2. The molecule has 0 aliphatic heterocycles. The molecule has 6 nitrogen and oxygen atoms in total. The number of anilines is 1. The minimum absolute atomic E-state index is 0.268. The Morgan fingerprint density at radius 2 is 1.71 bits per heavy atom. The summed E-state index contributed by atoms with van der Waals surface area (Å²) in [6.07, 6.45) is 0.839. The average molecular weight is 333 g/mol. The van der Waals surface area contributed by atoms with E-state index in [9.17, 15) is 9.59 Å². The Morgan fingerprint density at radius 3 is 2.19 bits per heavy atom. The predicted molar refractivity (Wildman–Crippen MR) is 83.7 cm³/mol. The van der Waals surface area contributed by atoms with Crippen LogP contribution in [-0.4, -0.2) is 38.6 Å². The van der Waals surface area contributed by atoms with E-state index in [1.807, 2.05) is 0 Å². The van der Waals surface area contributed by atoms with Gasteiger partial charge in [0.15, 0.2) is 0 Å². The lowest BCUT2D eigenvalue weighted by Crippen LogP contribution is -2.11. The van der Waals surface area contributed by atoms with Gasteiger partial charge in [-0.2, -0.15) is 0 Å². The molecular weight excluding hydrogens is 316 g/mol. The Balaban J connectivity index is 2.81. The zero-order valence-electron chi connectivity index (χ0n) is 11.8. The Kier molecular flexibility index (Phi) is 7.96. The lowest BCUT2D eigenvalue weighted by atomic mass is 10.1. The van der Waals surface area contributed by atoms with E-state index in [0.29, 0.717) is 11.6 Å². The lowest BCUT2D eigenvalue weighted by Gasteiger charge is -2.10. The van der Waals surface area contributed by atoms with Gasteiger partial charge in [0.2, 0.25) is 0 Å². The fraction of sp³-hybridized carbons (Fsp3) is 0.385. The number of rotatable bonds is 8. The van der Waals surface area contributed by atoms with Crippen LogP contribution in [0.4, 0.5) is 5.69 Å². The van der Waals surface area contributed by atoms with E-state index in [1.54, 1.807) is 12.1 Å². The number of hydrogen-bond donors (Lipinski definition) is 2. The third-order valence-corrected chi connectivity index (χ3v) is 3.38. The number of nitrogens with one attached hydrogen (secondary N) is 2. The molecule has 21 heavy (non-hydrogen) atoms. The highest BCUT2D eigenvalue weighted by atomic mass is 35.5. The van der Waals surface area contributed by atoms with E-state index in [-0.39, 0.29) is 11.1 Å². The van der Waals surface area contributed by atoms with Gasteiger partial charge in [0.1, 0.15) is 0 Å². The smallest absolute Gasteiger partial charge is 0.337 e. The molecule has 0 radical (unpaired) electrons. The number of methoxy groups -OCH3 is 2. The average Bonchev–Trinajstić information content (AvgIpc) is 2.52. The first kappa shape index (κ1) is 17.6. The maximum absolute atomic E-state index is 11.6. The van der Waals surface area contributed by atoms with Crippen molar-refractivity contribution in [3.63, 3.8) is 0 Å². The molecule has 0 amide bonds. The van der Waals surface area contributed by atoms with Crippen LogP contribution >= 0.6 is 23.7 Å². The molecular formula is C13H17ClN2O4S. The van der Waals surface area contributed by atoms with Crippen LogP contribution in [0, 0.1) is 0 Å². The molecule has 0 atom stereocenters. The van der Waals surface area contributed by atoms with Crippen LogP contribution in [-0.2, 0) is 9.47 Å². The first-order valence-corrected chi connectivity index (χ1v) is 7.50. The molecule has 0 saturated heterocycles. The number of carbonyl (C=O) groups excluding carboxylic acids is 2. The van der Waals surface area contributed by atoms with E-state index >= 15 is 0 Å². The second-order valence-electron chi connectivity index (χ2n) is 3.92. The van der Waals surface area contributed by atoms with E-state index in [4.69, 9.17) is 11.6 Å². The zero-order chi connectivity index (χ0) is 15.7. The van der Waals surface area contributed by atoms with Crippen molar-refractivity contribution in [2.75, 3.05) is 31.4 Å². The molecule has 2 N–H and O–H groups in total. The summed E-state index contributed by atoms with van der Waals surface area (Å²) in [6.45, 7) is 0.738. The molecule has 116 valence electrons. The molecule has 0 unspecified atom stereocenters. The second-order valence-corrected chi connectivity index (χ2v) is 5.00. The van der Waals surface area contributed by atoms with Crippen molar-refractivity contribution < 1.29 is 19.1 Å². The van der Waals surface area contributed by atoms with Crippen LogP contribution in [0.15, 0.2) is 18.2 Å². The van der Waals surface area contributed by atoms with Crippen molar-refractivity contribution in [3.05, 3.63) is 29.3 Å². The molecule has 0 heterocycles. The summed E-state index contributed by atoms with van der Waals surface area (Å²) in [5.41, 5.74) is 1.12. The first-order chi connectivity index (χ1) is 10.1. The van der Waals surface area contributed by atoms with E-state index in [0.717, 1.165) is 13.0 Å². The maximum atomic E-state index is 11.6. The van der Waals surface area contributed by atoms with Crippen molar-refractivity contribution in [2.24, 2.45) is 0 Å². The van der Waals surface area contributed by atoms with E-state index in [1.165, 1.54) is 32.4 Å². The maximum Gasteiger partial charge on any atom is 0.337 e. The lowest BCUT2D eigenvalue weighted by molar-refractivity contribution is 0.0599. The van der Waals surface area contributed by atoms with Gasteiger partial charge in [0, 0.05) is 30.2 Å². The number of hydrogen-bond acceptors (Lipinski definition) is 7. The van der Waals surface area contributed by atoms with Crippen molar-refractivity contribution in [3.8, 4) is 0 Å². The largest absolute Gasteiger partial charge is 0.465 e. The highest BCUT2D eigenvalue weighted by molar-refractivity contribution is 7.98. The van der Waals surface area contributed by atoms with E-state index < -0.39 is 11.9 Å². The Labute approximate surface area is 132 Å². The van der Waals surface area contributed by atoms with Crippen LogP contribution in [0.5, 0.6) is 0 Å². The SMILES string of the molecule is COC(=O)c1cc(NSNCCCCl)cc(C(=O)OC)c1. The van der Waals surface area contributed by atoms with Crippen LogP contribution in [0.3, 0.4) is 0 Å². The molecule has 0 aromatic heterocycles. The first-order valence-electron chi connectivity index (χ1n) is 6.14. The van der Waals surface area contributed by atoms with Crippen molar-refractivity contribution in [2.45, 2.75) is 6.42 Å². The highest BCUT2D eigenvalue weighted by Crippen LogP contribution is 2.19. The minimum atomic E-state index is -0.524. The number of halogens is 1. The topological polar surface area (TPSA) is 76.7 Å². The van der Waals surface area contributed by atoms with Crippen LogP contribution in [0.1, 0.15) is 27.1 Å². The molecule has 8 heteroatoms. The summed E-state index contributed by atoms with van der Waals surface area (Å²) in [4.78, 5) is 23.2. The molecule has 0 spiro atoms. The van der Waals surface area contributed by atoms with Gasteiger partial charge in [-0.05, 0) is 24.6 Å². The zero-order valence-corrected chi connectivity index (χ0v) is 13.3. The number of ether oxygens (including phenoxy) is 2. The summed E-state index contributed by atoms with van der Waals surface area (Å²) < 4.78 is 15.4. The minimum Gasteiger partial charge on any atom is -0.465 e. The molecule has 0 saturated carbocycles. The summed E-state index contributed by atoms with van der Waals surface area (Å²) in [5, 5.41) is 0. The van der Waals surface area contributed by atoms with Gasteiger partial charge < -0.3 is 14.2 Å². The van der Waals surface area contributed by atoms with Gasteiger partial charge in [0.05, 0.1) is 25.3 Å². The quantitative estimate of drug-likeness (QED) is 0.328. The summed E-state index contributed by atoms with van der Waals surface area (Å²) in [6, 6.07) is 4.61. The Bertz CT molecular complexity index is 465. The van der Waals surface area contributed by atoms with Gasteiger partial charge in [-0.3, -0.25) is 0 Å². The predicted octanol–water partition coefficient (Wildman–Crippen LogP) is 2.45. The molecule has 1 aromatic rings. The molecule has 1 aromatic carbocycles. The third kappa shape index (κ3) is 5.82. The van der Waals surface area contributed by atoms with Crippen LogP contribution in [0.25, 0.3) is 0 Å². The number of benzene rings is 1.